The summed E-state index contributed by atoms with van der Waals surface area (Å²) in [7, 11) is 0.615. The van der Waals surface area contributed by atoms with Gasteiger partial charge in [0, 0.05) is 32.4 Å². The van der Waals surface area contributed by atoms with Gasteiger partial charge in [0.1, 0.15) is 0 Å². The van der Waals surface area contributed by atoms with Crippen LogP contribution in [0, 0.1) is 0 Å². The Morgan fingerprint density at radius 1 is 1.30 bits per heavy atom. The summed E-state index contributed by atoms with van der Waals surface area (Å²) in [5, 5.41) is 12.3. The van der Waals surface area contributed by atoms with E-state index in [0.717, 1.165) is 0 Å². The Balaban J connectivity index is 1.99. The average molecular weight is 441 g/mol. The van der Waals surface area contributed by atoms with Gasteiger partial charge < -0.3 is 23.8 Å². The first-order valence-corrected chi connectivity index (χ1v) is 11.4. The van der Waals surface area contributed by atoms with Crippen LogP contribution in [0.15, 0.2) is 11.0 Å². The number of fused-ring (bicyclic) bond motifs is 1. The molecule has 0 aliphatic carbocycles. The number of aromatic nitrogens is 1. The van der Waals surface area contributed by atoms with Crippen LogP contribution in [0.4, 0.5) is 0 Å². The molecule has 3 heterocycles. The van der Waals surface area contributed by atoms with E-state index in [4.69, 9.17) is 13.8 Å². The van der Waals surface area contributed by atoms with Crippen molar-refractivity contribution in [3.63, 3.8) is 0 Å². The third kappa shape index (κ3) is 3.85. The van der Waals surface area contributed by atoms with Crippen LogP contribution in [0.25, 0.3) is 0 Å². The zero-order chi connectivity index (χ0) is 21.9. The number of carbonyl (C=O) groups is 2. The lowest BCUT2D eigenvalue weighted by Gasteiger charge is -2.52. The predicted octanol–water partition coefficient (Wildman–Crippen LogP) is 1.28. The van der Waals surface area contributed by atoms with Gasteiger partial charge in [-0.25, -0.2) is 0 Å². The van der Waals surface area contributed by atoms with Crippen LogP contribution in [-0.2, 0) is 13.8 Å². The minimum Gasteiger partial charge on any atom is -0.502 e. The van der Waals surface area contributed by atoms with E-state index in [9.17, 15) is 19.5 Å². The van der Waals surface area contributed by atoms with Gasteiger partial charge in [-0.05, 0) is 20.3 Å². The van der Waals surface area contributed by atoms with Crippen molar-refractivity contribution in [2.75, 3.05) is 51.2 Å². The van der Waals surface area contributed by atoms with E-state index in [1.54, 1.807) is 7.05 Å². The number of likely N-dealkylation sites (N-methyl/N-ethyl adjacent to an activating group) is 1. The molecule has 2 aliphatic heterocycles. The second-order valence-corrected chi connectivity index (χ2v) is 8.72. The zero-order valence-electron chi connectivity index (χ0n) is 17.5. The van der Waals surface area contributed by atoms with Crippen LogP contribution in [0.1, 0.15) is 47.5 Å². The molecule has 2 aliphatic rings. The van der Waals surface area contributed by atoms with Crippen molar-refractivity contribution >= 4 is 20.6 Å². The van der Waals surface area contributed by atoms with Crippen LogP contribution in [0.5, 0.6) is 5.75 Å². The summed E-state index contributed by atoms with van der Waals surface area (Å²) >= 11 is 0. The number of ether oxygens (including phenoxy) is 1. The lowest BCUT2D eigenvalue weighted by molar-refractivity contribution is 0.0301. The SMILES string of the molecule is CCOP(CCCN1n2cc(C=O)c(=O)c(O)c2C(=O)N(C)C12CCOC2)OCC. The van der Waals surface area contributed by atoms with E-state index < -0.39 is 31.1 Å². The highest BCUT2D eigenvalue weighted by atomic mass is 31.2. The predicted molar refractivity (Wildman–Crippen MR) is 111 cm³/mol. The quantitative estimate of drug-likeness (QED) is 0.451. The second kappa shape index (κ2) is 9.43. The van der Waals surface area contributed by atoms with Gasteiger partial charge in [-0.2, -0.15) is 0 Å². The number of rotatable bonds is 9. The number of aldehydes is 1. The number of pyridine rings is 1. The fourth-order valence-electron chi connectivity index (χ4n) is 3.93. The van der Waals surface area contributed by atoms with Crippen molar-refractivity contribution in [2.45, 2.75) is 32.4 Å². The third-order valence-electron chi connectivity index (χ3n) is 5.43. The summed E-state index contributed by atoms with van der Waals surface area (Å²) in [6, 6.07) is 0. The Bertz CT molecular complexity index is 847. The molecule has 1 atom stereocenters. The molecule has 3 rings (SSSR count). The van der Waals surface area contributed by atoms with Gasteiger partial charge in [-0.15, -0.1) is 0 Å². The Morgan fingerprint density at radius 3 is 2.57 bits per heavy atom. The van der Waals surface area contributed by atoms with Crippen molar-refractivity contribution in [1.29, 1.82) is 0 Å². The van der Waals surface area contributed by atoms with Crippen LogP contribution in [0.3, 0.4) is 0 Å². The van der Waals surface area contributed by atoms with Crippen LogP contribution < -0.4 is 10.4 Å². The molecule has 1 unspecified atom stereocenters. The van der Waals surface area contributed by atoms with Gasteiger partial charge in [0.15, 0.2) is 31.8 Å². The Hall–Kier alpha value is -2.00. The number of nitrogens with zero attached hydrogens (tertiary/aromatic N) is 3. The molecule has 0 aromatic carbocycles. The van der Waals surface area contributed by atoms with Gasteiger partial charge in [0.25, 0.3) is 5.91 Å². The summed E-state index contributed by atoms with van der Waals surface area (Å²) in [5.74, 6) is -1.21. The van der Waals surface area contributed by atoms with Gasteiger partial charge >= 0.3 is 0 Å². The molecule has 1 saturated heterocycles. The molecule has 1 aromatic heterocycles. The Morgan fingerprint density at radius 2 is 2.00 bits per heavy atom. The molecular formula is C19H28N3O7P. The Kier molecular flexibility index (Phi) is 7.13. The molecule has 166 valence electrons. The molecule has 0 saturated carbocycles. The van der Waals surface area contributed by atoms with Crippen LogP contribution in [0.2, 0.25) is 0 Å². The van der Waals surface area contributed by atoms with Gasteiger partial charge in [0.05, 0.1) is 32.0 Å². The summed E-state index contributed by atoms with van der Waals surface area (Å²) in [6.45, 7) is 6.19. The highest BCUT2D eigenvalue weighted by Crippen LogP contribution is 2.40. The van der Waals surface area contributed by atoms with E-state index in [1.165, 1.54) is 15.8 Å². The first kappa shape index (κ1) is 22.7. The molecule has 1 N–H and O–H groups in total. The Labute approximate surface area is 176 Å². The smallest absolute Gasteiger partial charge is 0.278 e. The van der Waals surface area contributed by atoms with Gasteiger partial charge in [-0.1, -0.05) is 0 Å². The normalized spacial score (nSPS) is 21.0. The molecule has 11 heteroatoms. The minimum absolute atomic E-state index is 0.150. The molecule has 0 radical (unpaired) electrons. The van der Waals surface area contributed by atoms with Crippen molar-refractivity contribution in [3.8, 4) is 5.75 Å². The number of aromatic hydroxyl groups is 1. The monoisotopic (exact) mass is 441 g/mol. The lowest BCUT2D eigenvalue weighted by Crippen LogP contribution is -2.70. The summed E-state index contributed by atoms with van der Waals surface area (Å²) < 4.78 is 18.4. The molecule has 1 aromatic rings. The summed E-state index contributed by atoms with van der Waals surface area (Å²) in [6.07, 6.45) is 3.63. The first-order chi connectivity index (χ1) is 14.4. The van der Waals surface area contributed by atoms with E-state index >= 15 is 0 Å². The highest BCUT2D eigenvalue weighted by Gasteiger charge is 2.52. The molecule has 30 heavy (non-hydrogen) atoms. The number of carbonyl (C=O) groups excluding carboxylic acids is 2. The lowest BCUT2D eigenvalue weighted by atomic mass is 10.0. The average Bonchev–Trinajstić information content (AvgIpc) is 3.22. The second-order valence-electron chi connectivity index (χ2n) is 7.09. The zero-order valence-corrected chi connectivity index (χ0v) is 18.4. The van der Waals surface area contributed by atoms with Crippen molar-refractivity contribution in [1.82, 2.24) is 9.58 Å². The highest BCUT2D eigenvalue weighted by molar-refractivity contribution is 7.47. The maximum atomic E-state index is 13.0. The maximum Gasteiger partial charge on any atom is 0.278 e. The number of hydrogen-bond acceptors (Lipinski definition) is 8. The molecule has 1 amide bonds. The summed E-state index contributed by atoms with van der Waals surface area (Å²) in [5.41, 5.74) is -1.99. The van der Waals surface area contributed by atoms with E-state index in [-0.39, 0.29) is 17.9 Å². The first-order valence-electron chi connectivity index (χ1n) is 10.0. The topological polar surface area (TPSA) is 111 Å². The summed E-state index contributed by atoms with van der Waals surface area (Å²) in [4.78, 5) is 38.2. The minimum atomic E-state index is -1.02. The van der Waals surface area contributed by atoms with Crippen LogP contribution in [-0.4, -0.2) is 78.7 Å². The van der Waals surface area contributed by atoms with Gasteiger partial charge in [0.2, 0.25) is 5.43 Å². The van der Waals surface area contributed by atoms with Crippen LogP contribution >= 0.6 is 8.38 Å². The van der Waals surface area contributed by atoms with E-state index in [2.05, 4.69) is 0 Å². The largest absolute Gasteiger partial charge is 0.502 e. The molecule has 10 nitrogen and oxygen atoms in total. The van der Waals surface area contributed by atoms with Gasteiger partial charge in [-0.3, -0.25) is 24.1 Å². The maximum absolute atomic E-state index is 13.0. The molecular weight excluding hydrogens is 413 g/mol. The molecule has 1 spiro atoms. The number of hydrogen-bond donors (Lipinski definition) is 1. The van der Waals surface area contributed by atoms with E-state index in [0.29, 0.717) is 51.7 Å². The van der Waals surface area contributed by atoms with E-state index in [1.807, 2.05) is 18.9 Å². The standard InChI is InChI=1S/C19H28N3O7P/c1-4-28-30(29-5-2)10-6-8-22-19(7-9-27-13-19)20(3)18(26)15-17(25)16(24)14(12-23)11-21(15)22/h11-12,25H,4-10,13H2,1-3H3. The number of amides is 1. The van der Waals surface area contributed by atoms with Crippen molar-refractivity contribution in [3.05, 3.63) is 27.7 Å². The molecule has 1 fully saturated rings. The van der Waals surface area contributed by atoms with Crippen molar-refractivity contribution in [2.24, 2.45) is 0 Å². The molecule has 0 bridgehead atoms. The fraction of sp³-hybridized carbons (Fsp3) is 0.632. The fourth-order valence-corrected chi connectivity index (χ4v) is 5.24. The van der Waals surface area contributed by atoms with Crippen molar-refractivity contribution < 1.29 is 28.5 Å². The third-order valence-corrected chi connectivity index (χ3v) is 7.20.